The van der Waals surface area contributed by atoms with E-state index in [0.717, 1.165) is 55.4 Å². The van der Waals surface area contributed by atoms with E-state index in [1.165, 1.54) is 12.1 Å². The molecule has 216 valence electrons. The van der Waals surface area contributed by atoms with E-state index in [2.05, 4.69) is 37.5 Å². The van der Waals surface area contributed by atoms with Crippen LogP contribution in [-0.2, 0) is 13.0 Å². The van der Waals surface area contributed by atoms with Crippen LogP contribution in [0.15, 0.2) is 42.5 Å². The maximum Gasteiger partial charge on any atom is 0.254 e. The first kappa shape index (κ1) is 29.4. The van der Waals surface area contributed by atoms with Crippen LogP contribution >= 0.6 is 0 Å². The van der Waals surface area contributed by atoms with Gasteiger partial charge in [-0.3, -0.25) is 9.69 Å². The Labute approximate surface area is 237 Å². The summed E-state index contributed by atoms with van der Waals surface area (Å²) in [6.45, 7) is 13.2. The number of aromatic nitrogens is 2. The molecule has 1 saturated heterocycles. The minimum Gasteiger partial charge on any atom is -0.497 e. The van der Waals surface area contributed by atoms with Crippen LogP contribution in [0, 0.1) is 5.82 Å². The average molecular weight is 552 g/mol. The molecule has 1 aliphatic heterocycles. The summed E-state index contributed by atoms with van der Waals surface area (Å²) in [6.07, 6.45) is 1.52. The molecule has 0 saturated carbocycles. The van der Waals surface area contributed by atoms with Crippen LogP contribution < -0.4 is 14.4 Å². The second-order valence-corrected chi connectivity index (χ2v) is 10.4. The monoisotopic (exact) mass is 551 g/mol. The first-order valence-corrected chi connectivity index (χ1v) is 14.2. The van der Waals surface area contributed by atoms with Gasteiger partial charge in [-0.1, -0.05) is 13.8 Å². The molecular formula is C31H42FN5O3. The summed E-state index contributed by atoms with van der Waals surface area (Å²) in [5.74, 6) is 1.74. The molecule has 1 amide bonds. The number of hydrogen-bond acceptors (Lipinski definition) is 6. The van der Waals surface area contributed by atoms with E-state index < -0.39 is 0 Å². The Balaban J connectivity index is 1.77. The number of benzene rings is 2. The molecule has 8 nitrogen and oxygen atoms in total. The van der Waals surface area contributed by atoms with Crippen LogP contribution in [0.1, 0.15) is 55.7 Å². The molecule has 0 atom stereocenters. The standard InChI is InChI=1S/C31H42FN5O3/c1-7-13-36(31(38)23-18-26(39-5)20-27(19-23)40-6)21-28-29(8-2)33-37(25-11-9-24(32)10-12-25)30(28)35-16-14-34(15-17-35)22(3)4/h9-12,18-20,22H,7-8,13-17,21H2,1-6H3. The van der Waals surface area contributed by atoms with Gasteiger partial charge in [0.2, 0.25) is 0 Å². The van der Waals surface area contributed by atoms with E-state index in [1.54, 1.807) is 44.6 Å². The molecule has 1 fully saturated rings. The third-order valence-electron chi connectivity index (χ3n) is 7.52. The van der Waals surface area contributed by atoms with E-state index in [-0.39, 0.29) is 11.7 Å². The summed E-state index contributed by atoms with van der Waals surface area (Å²) < 4.78 is 26.6. The molecule has 3 aromatic rings. The molecular weight excluding hydrogens is 509 g/mol. The van der Waals surface area contributed by atoms with Crippen molar-refractivity contribution in [2.45, 2.75) is 53.1 Å². The van der Waals surface area contributed by atoms with Gasteiger partial charge < -0.3 is 19.3 Å². The molecule has 0 unspecified atom stereocenters. The van der Waals surface area contributed by atoms with Crippen LogP contribution in [0.2, 0.25) is 0 Å². The fourth-order valence-corrected chi connectivity index (χ4v) is 5.30. The van der Waals surface area contributed by atoms with Crippen molar-refractivity contribution in [3.63, 3.8) is 0 Å². The Morgan fingerprint density at radius 2 is 1.62 bits per heavy atom. The van der Waals surface area contributed by atoms with E-state index in [0.29, 0.717) is 42.6 Å². The number of hydrogen-bond donors (Lipinski definition) is 0. The first-order chi connectivity index (χ1) is 19.3. The molecule has 4 rings (SSSR count). The molecule has 0 bridgehead atoms. The zero-order valence-corrected chi connectivity index (χ0v) is 24.6. The van der Waals surface area contributed by atoms with Gasteiger partial charge >= 0.3 is 0 Å². The maximum atomic E-state index is 13.9. The molecule has 40 heavy (non-hydrogen) atoms. The highest BCUT2D eigenvalue weighted by atomic mass is 19.1. The summed E-state index contributed by atoms with van der Waals surface area (Å²) in [5.41, 5.74) is 3.28. The number of ether oxygens (including phenoxy) is 2. The van der Waals surface area contributed by atoms with Gasteiger partial charge in [0.05, 0.1) is 32.1 Å². The quantitative estimate of drug-likeness (QED) is 0.328. The predicted molar refractivity (Wildman–Crippen MR) is 156 cm³/mol. The topological polar surface area (TPSA) is 63.1 Å². The van der Waals surface area contributed by atoms with Crippen LogP contribution in [-0.4, -0.2) is 78.5 Å². The second kappa shape index (κ2) is 13.2. The number of aryl methyl sites for hydroxylation is 1. The number of piperazine rings is 1. The number of carbonyl (C=O) groups excluding carboxylic acids is 1. The van der Waals surface area contributed by atoms with Gasteiger partial charge in [0.25, 0.3) is 5.91 Å². The zero-order chi connectivity index (χ0) is 28.8. The summed E-state index contributed by atoms with van der Waals surface area (Å²) in [6, 6.07) is 12.2. The molecule has 0 spiro atoms. The van der Waals surface area contributed by atoms with Gasteiger partial charge in [-0.05, 0) is 63.1 Å². The highest BCUT2D eigenvalue weighted by molar-refractivity contribution is 5.95. The SMILES string of the molecule is CCCN(Cc1c(CC)nn(-c2ccc(F)cc2)c1N1CCN(C(C)C)CC1)C(=O)c1cc(OC)cc(OC)c1. The Bertz CT molecular complexity index is 1260. The number of methoxy groups -OCH3 is 2. The minimum absolute atomic E-state index is 0.0915. The molecule has 0 aliphatic carbocycles. The van der Waals surface area contributed by atoms with Crippen molar-refractivity contribution < 1.29 is 18.7 Å². The molecule has 1 aliphatic rings. The van der Waals surface area contributed by atoms with Gasteiger partial charge in [-0.15, -0.1) is 0 Å². The number of nitrogens with zero attached hydrogens (tertiary/aromatic N) is 5. The van der Waals surface area contributed by atoms with Gasteiger partial charge in [0.15, 0.2) is 0 Å². The van der Waals surface area contributed by atoms with Crippen LogP contribution in [0.3, 0.4) is 0 Å². The van der Waals surface area contributed by atoms with Crippen molar-refractivity contribution in [2.24, 2.45) is 0 Å². The third-order valence-corrected chi connectivity index (χ3v) is 7.52. The van der Waals surface area contributed by atoms with E-state index in [1.807, 2.05) is 9.58 Å². The number of anilines is 1. The van der Waals surface area contributed by atoms with Crippen molar-refractivity contribution in [3.8, 4) is 17.2 Å². The summed E-state index contributed by atoms with van der Waals surface area (Å²) >= 11 is 0. The van der Waals surface area contributed by atoms with Crippen molar-refractivity contribution in [3.05, 3.63) is 65.1 Å². The molecule has 9 heteroatoms. The number of amides is 1. The van der Waals surface area contributed by atoms with Crippen molar-refractivity contribution in [1.82, 2.24) is 19.6 Å². The summed E-state index contributed by atoms with van der Waals surface area (Å²) in [5, 5.41) is 5.02. The maximum absolute atomic E-state index is 13.9. The lowest BCUT2D eigenvalue weighted by Gasteiger charge is -2.38. The van der Waals surface area contributed by atoms with Crippen molar-refractivity contribution in [1.29, 1.82) is 0 Å². The fraction of sp³-hybridized carbons (Fsp3) is 0.484. The summed E-state index contributed by atoms with van der Waals surface area (Å²) in [7, 11) is 3.16. The second-order valence-electron chi connectivity index (χ2n) is 10.4. The largest absolute Gasteiger partial charge is 0.497 e. The summed E-state index contributed by atoms with van der Waals surface area (Å²) in [4.78, 5) is 20.6. The number of halogens is 1. The minimum atomic E-state index is -0.285. The third kappa shape index (κ3) is 6.41. The highest BCUT2D eigenvalue weighted by Gasteiger charge is 2.29. The molecule has 2 aromatic carbocycles. The predicted octanol–water partition coefficient (Wildman–Crippen LogP) is 5.17. The number of rotatable bonds is 11. The van der Waals surface area contributed by atoms with E-state index >= 15 is 0 Å². The first-order valence-electron chi connectivity index (χ1n) is 14.2. The van der Waals surface area contributed by atoms with E-state index in [4.69, 9.17) is 14.6 Å². The van der Waals surface area contributed by atoms with Crippen LogP contribution in [0.25, 0.3) is 5.69 Å². The lowest BCUT2D eigenvalue weighted by atomic mass is 10.1. The van der Waals surface area contributed by atoms with Gasteiger partial charge in [0, 0.05) is 56.0 Å². The average Bonchev–Trinajstić information content (AvgIpc) is 3.34. The smallest absolute Gasteiger partial charge is 0.254 e. The molecule has 2 heterocycles. The van der Waals surface area contributed by atoms with Gasteiger partial charge in [0.1, 0.15) is 23.1 Å². The van der Waals surface area contributed by atoms with Crippen LogP contribution in [0.4, 0.5) is 10.2 Å². The normalized spacial score (nSPS) is 14.1. The Morgan fingerprint density at radius 1 is 1.00 bits per heavy atom. The lowest BCUT2D eigenvalue weighted by molar-refractivity contribution is 0.0742. The molecule has 1 aromatic heterocycles. The lowest BCUT2D eigenvalue weighted by Crippen LogP contribution is -2.49. The highest BCUT2D eigenvalue weighted by Crippen LogP contribution is 2.32. The molecule has 0 radical (unpaired) electrons. The Kier molecular flexibility index (Phi) is 9.68. The van der Waals surface area contributed by atoms with Crippen molar-refractivity contribution >= 4 is 11.7 Å². The Morgan fingerprint density at radius 3 is 2.15 bits per heavy atom. The number of carbonyl (C=O) groups is 1. The Hall–Kier alpha value is -3.59. The fourth-order valence-electron chi connectivity index (χ4n) is 5.30. The zero-order valence-electron chi connectivity index (χ0n) is 24.6. The van der Waals surface area contributed by atoms with Gasteiger partial charge in [-0.25, -0.2) is 9.07 Å². The van der Waals surface area contributed by atoms with Gasteiger partial charge in [-0.2, -0.15) is 5.10 Å². The van der Waals surface area contributed by atoms with E-state index in [9.17, 15) is 9.18 Å². The molecule has 0 N–H and O–H groups in total. The van der Waals surface area contributed by atoms with Crippen molar-refractivity contribution in [2.75, 3.05) is 51.8 Å². The van der Waals surface area contributed by atoms with Crippen LogP contribution in [0.5, 0.6) is 11.5 Å².